The Morgan fingerprint density at radius 3 is 2.70 bits per heavy atom. The summed E-state index contributed by atoms with van der Waals surface area (Å²) in [6.45, 7) is 2.38. The monoisotopic (exact) mass is 411 g/mol. The predicted octanol–water partition coefficient (Wildman–Crippen LogP) is 4.11. The van der Waals surface area contributed by atoms with Gasteiger partial charge in [0.05, 0.1) is 6.20 Å². The standard InChI is InChI=1S/C22H22FN3O4/c23-18-3-1-15(2-4-18)21(27)16-7-9-26(10-8-16)11-12-29-22(28)25-19-5-6-20-17(13-19)14-24-30-20/h1-6,13-14,16H,7-12H2,(H,25,28). The van der Waals surface area contributed by atoms with Gasteiger partial charge in [-0.15, -0.1) is 0 Å². The molecule has 0 spiro atoms. The number of halogens is 1. The van der Waals surface area contributed by atoms with Crippen LogP contribution in [-0.2, 0) is 4.74 Å². The smallest absolute Gasteiger partial charge is 0.411 e. The molecule has 8 heteroatoms. The van der Waals surface area contributed by atoms with E-state index in [0.717, 1.165) is 31.3 Å². The summed E-state index contributed by atoms with van der Waals surface area (Å²) >= 11 is 0. The van der Waals surface area contributed by atoms with Crippen LogP contribution in [0.5, 0.6) is 0 Å². The normalized spacial score (nSPS) is 15.2. The molecule has 0 atom stereocenters. The third-order valence-corrected chi connectivity index (χ3v) is 5.33. The molecule has 4 rings (SSSR count). The minimum absolute atomic E-state index is 0.0525. The largest absolute Gasteiger partial charge is 0.448 e. The number of hydrogen-bond acceptors (Lipinski definition) is 6. The average Bonchev–Trinajstić information content (AvgIpc) is 3.22. The molecule has 1 N–H and O–H groups in total. The number of anilines is 1. The van der Waals surface area contributed by atoms with Gasteiger partial charge in [0.1, 0.15) is 12.4 Å². The fourth-order valence-corrected chi connectivity index (χ4v) is 3.64. The number of Topliss-reactive ketones (excluding diaryl/α,β-unsaturated/α-hetero) is 1. The van der Waals surface area contributed by atoms with Crippen LogP contribution in [0.15, 0.2) is 53.2 Å². The second-order valence-corrected chi connectivity index (χ2v) is 7.33. The van der Waals surface area contributed by atoms with Crippen molar-refractivity contribution in [2.45, 2.75) is 12.8 Å². The number of rotatable bonds is 6. The molecule has 2 heterocycles. The molecule has 1 aliphatic heterocycles. The Balaban J connectivity index is 1.18. The Labute approximate surface area is 172 Å². The first kappa shape index (κ1) is 20.0. The Bertz CT molecular complexity index is 1030. The van der Waals surface area contributed by atoms with Crippen molar-refractivity contribution in [3.8, 4) is 0 Å². The van der Waals surface area contributed by atoms with Crippen molar-refractivity contribution in [1.82, 2.24) is 10.1 Å². The summed E-state index contributed by atoms with van der Waals surface area (Å²) in [5.41, 5.74) is 1.81. The molecule has 2 aromatic carbocycles. The van der Waals surface area contributed by atoms with Gasteiger partial charge in [-0.25, -0.2) is 9.18 Å². The number of fused-ring (bicyclic) bond motifs is 1. The van der Waals surface area contributed by atoms with Gasteiger partial charge in [-0.2, -0.15) is 0 Å². The number of carbonyl (C=O) groups is 2. The van der Waals surface area contributed by atoms with Gasteiger partial charge >= 0.3 is 6.09 Å². The summed E-state index contributed by atoms with van der Waals surface area (Å²) in [5.74, 6) is -0.331. The maximum atomic E-state index is 13.0. The highest BCUT2D eigenvalue weighted by Gasteiger charge is 2.25. The second kappa shape index (κ2) is 9.04. The number of piperidine rings is 1. The fraction of sp³-hybridized carbons (Fsp3) is 0.318. The number of carbonyl (C=O) groups excluding carboxylic acids is 2. The molecule has 0 radical (unpaired) electrons. The third kappa shape index (κ3) is 4.83. The van der Waals surface area contributed by atoms with Crippen LogP contribution < -0.4 is 5.32 Å². The highest BCUT2D eigenvalue weighted by molar-refractivity contribution is 5.97. The summed E-state index contributed by atoms with van der Waals surface area (Å²) in [6, 6.07) is 10.9. The topological polar surface area (TPSA) is 84.7 Å². The summed E-state index contributed by atoms with van der Waals surface area (Å²) in [4.78, 5) is 26.7. The van der Waals surface area contributed by atoms with Gasteiger partial charge in [0.2, 0.25) is 0 Å². The van der Waals surface area contributed by atoms with Crippen molar-refractivity contribution in [3.05, 3.63) is 60.0 Å². The lowest BCUT2D eigenvalue weighted by Crippen LogP contribution is -2.38. The zero-order valence-electron chi connectivity index (χ0n) is 16.3. The molecular formula is C22H22FN3O4. The Morgan fingerprint density at radius 1 is 1.17 bits per heavy atom. The Kier molecular flexibility index (Phi) is 6.04. The van der Waals surface area contributed by atoms with Gasteiger partial charge in [-0.1, -0.05) is 5.16 Å². The Hall–Kier alpha value is -3.26. The molecule has 1 saturated heterocycles. The van der Waals surface area contributed by atoms with E-state index in [0.29, 0.717) is 23.4 Å². The van der Waals surface area contributed by atoms with E-state index in [1.54, 1.807) is 24.4 Å². The van der Waals surface area contributed by atoms with Gasteiger partial charge in [0, 0.05) is 29.1 Å². The average molecular weight is 411 g/mol. The number of aromatic nitrogens is 1. The van der Waals surface area contributed by atoms with E-state index < -0.39 is 6.09 Å². The molecule has 0 saturated carbocycles. The fourth-order valence-electron chi connectivity index (χ4n) is 3.64. The maximum Gasteiger partial charge on any atom is 0.411 e. The van der Waals surface area contributed by atoms with Crippen LogP contribution in [0, 0.1) is 11.7 Å². The molecular weight excluding hydrogens is 389 g/mol. The number of amides is 1. The van der Waals surface area contributed by atoms with E-state index in [1.165, 1.54) is 24.3 Å². The molecule has 0 unspecified atom stereocenters. The zero-order chi connectivity index (χ0) is 20.9. The summed E-state index contributed by atoms with van der Waals surface area (Å²) < 4.78 is 23.3. The lowest BCUT2D eigenvalue weighted by Gasteiger charge is -2.31. The van der Waals surface area contributed by atoms with E-state index in [-0.39, 0.29) is 24.1 Å². The van der Waals surface area contributed by atoms with Gasteiger partial charge in [-0.3, -0.25) is 15.0 Å². The van der Waals surface area contributed by atoms with Crippen molar-refractivity contribution in [2.24, 2.45) is 5.92 Å². The molecule has 30 heavy (non-hydrogen) atoms. The highest BCUT2D eigenvalue weighted by atomic mass is 19.1. The van der Waals surface area contributed by atoms with Gasteiger partial charge in [0.15, 0.2) is 11.4 Å². The van der Waals surface area contributed by atoms with Gasteiger partial charge in [-0.05, 0) is 68.4 Å². The van der Waals surface area contributed by atoms with E-state index in [4.69, 9.17) is 9.26 Å². The molecule has 3 aromatic rings. The molecule has 7 nitrogen and oxygen atoms in total. The molecule has 1 fully saturated rings. The number of nitrogens with zero attached hydrogens (tertiary/aromatic N) is 2. The number of benzene rings is 2. The molecule has 156 valence electrons. The highest BCUT2D eigenvalue weighted by Crippen LogP contribution is 2.22. The predicted molar refractivity (Wildman–Crippen MR) is 109 cm³/mol. The van der Waals surface area contributed by atoms with Crippen molar-refractivity contribution < 1.29 is 23.2 Å². The zero-order valence-corrected chi connectivity index (χ0v) is 16.3. The number of hydrogen-bond donors (Lipinski definition) is 1. The number of ether oxygens (including phenoxy) is 1. The first-order valence-corrected chi connectivity index (χ1v) is 9.89. The SMILES string of the molecule is O=C(Nc1ccc2oncc2c1)OCCN1CCC(C(=O)c2ccc(F)cc2)CC1. The second-order valence-electron chi connectivity index (χ2n) is 7.33. The van der Waals surface area contributed by atoms with Gasteiger partial charge in [0.25, 0.3) is 0 Å². The summed E-state index contributed by atoms with van der Waals surface area (Å²) in [7, 11) is 0. The number of ketones is 1. The first-order valence-electron chi connectivity index (χ1n) is 9.89. The van der Waals surface area contributed by atoms with E-state index in [1.807, 2.05) is 0 Å². The minimum atomic E-state index is -0.521. The van der Waals surface area contributed by atoms with Crippen LogP contribution in [0.25, 0.3) is 11.0 Å². The van der Waals surface area contributed by atoms with Crippen LogP contribution in [0.2, 0.25) is 0 Å². The molecule has 1 aliphatic rings. The van der Waals surface area contributed by atoms with Crippen LogP contribution in [0.4, 0.5) is 14.9 Å². The maximum absolute atomic E-state index is 13.0. The first-order chi connectivity index (χ1) is 14.6. The molecule has 0 aliphatic carbocycles. The van der Waals surface area contributed by atoms with Crippen molar-refractivity contribution in [3.63, 3.8) is 0 Å². The van der Waals surface area contributed by atoms with Crippen LogP contribution in [-0.4, -0.2) is 48.2 Å². The molecule has 1 aromatic heterocycles. The lowest BCUT2D eigenvalue weighted by molar-refractivity contribution is 0.0813. The summed E-state index contributed by atoms with van der Waals surface area (Å²) in [6.07, 6.45) is 2.53. The Morgan fingerprint density at radius 2 is 1.93 bits per heavy atom. The summed E-state index contributed by atoms with van der Waals surface area (Å²) in [5, 5.41) is 7.18. The van der Waals surface area contributed by atoms with Crippen LogP contribution in [0.1, 0.15) is 23.2 Å². The van der Waals surface area contributed by atoms with Gasteiger partial charge < -0.3 is 9.26 Å². The molecule has 1 amide bonds. The van der Waals surface area contributed by atoms with E-state index >= 15 is 0 Å². The number of likely N-dealkylation sites (tertiary alicyclic amines) is 1. The molecule has 0 bridgehead atoms. The number of nitrogens with one attached hydrogen (secondary N) is 1. The third-order valence-electron chi connectivity index (χ3n) is 5.33. The van der Waals surface area contributed by atoms with Crippen molar-refractivity contribution in [2.75, 3.05) is 31.6 Å². The van der Waals surface area contributed by atoms with E-state index in [2.05, 4.69) is 15.4 Å². The quantitative estimate of drug-likeness (QED) is 0.615. The van der Waals surface area contributed by atoms with Crippen molar-refractivity contribution in [1.29, 1.82) is 0 Å². The van der Waals surface area contributed by atoms with Crippen LogP contribution in [0.3, 0.4) is 0 Å². The van der Waals surface area contributed by atoms with Crippen molar-refractivity contribution >= 4 is 28.5 Å². The van der Waals surface area contributed by atoms with Crippen LogP contribution >= 0.6 is 0 Å². The minimum Gasteiger partial charge on any atom is -0.448 e. The lowest BCUT2D eigenvalue weighted by atomic mass is 9.89. The van der Waals surface area contributed by atoms with E-state index in [9.17, 15) is 14.0 Å².